The fraction of sp³-hybridized carbons (Fsp3) is 0.524. The largest absolute Gasteiger partial charge is 0.507 e. The van der Waals surface area contributed by atoms with Crippen molar-refractivity contribution in [3.63, 3.8) is 0 Å². The van der Waals surface area contributed by atoms with Crippen LogP contribution in [0.1, 0.15) is 69.4 Å². The second-order valence-corrected chi connectivity index (χ2v) is 7.47. The minimum atomic E-state index is 0.000910. The molecule has 0 unspecified atom stereocenters. The highest BCUT2D eigenvalue weighted by Crippen LogP contribution is 2.51. The van der Waals surface area contributed by atoms with Crippen LogP contribution in [0.15, 0.2) is 29.9 Å². The lowest BCUT2D eigenvalue weighted by molar-refractivity contribution is 0.398. The Bertz CT molecular complexity index is 690. The Hall–Kier alpha value is -1.90. The highest BCUT2D eigenvalue weighted by molar-refractivity contribution is 5.68. The summed E-state index contributed by atoms with van der Waals surface area (Å²) < 4.78 is 0. The predicted molar refractivity (Wildman–Crippen MR) is 99.9 cm³/mol. The van der Waals surface area contributed by atoms with Crippen molar-refractivity contribution in [1.29, 1.82) is 0 Å². The Morgan fingerprint density at radius 2 is 2.04 bits per heavy atom. The molecule has 0 bridgehead atoms. The van der Waals surface area contributed by atoms with Crippen molar-refractivity contribution < 1.29 is 10.2 Å². The first-order valence-electron chi connectivity index (χ1n) is 9.09. The van der Waals surface area contributed by atoms with Crippen molar-refractivity contribution >= 4 is 5.69 Å². The van der Waals surface area contributed by atoms with Crippen LogP contribution in [-0.2, 0) is 0 Å². The minimum absolute atomic E-state index is 0.000910. The summed E-state index contributed by atoms with van der Waals surface area (Å²) >= 11 is 0. The molecule has 0 amide bonds. The number of phenolic OH excluding ortho intramolecular Hbond substituents is 2. The van der Waals surface area contributed by atoms with Crippen LogP contribution >= 0.6 is 0 Å². The summed E-state index contributed by atoms with van der Waals surface area (Å²) in [6.45, 7) is 11.4. The van der Waals surface area contributed by atoms with E-state index in [9.17, 15) is 10.2 Å². The Morgan fingerprint density at radius 3 is 2.71 bits per heavy atom. The van der Waals surface area contributed by atoms with Crippen molar-refractivity contribution in [3.05, 3.63) is 41.0 Å². The Morgan fingerprint density at radius 1 is 1.29 bits per heavy atom. The van der Waals surface area contributed by atoms with E-state index in [2.05, 4.69) is 38.7 Å². The topological polar surface area (TPSA) is 52.5 Å². The average molecular weight is 327 g/mol. The lowest BCUT2D eigenvalue weighted by Gasteiger charge is -2.34. The van der Waals surface area contributed by atoms with Crippen molar-refractivity contribution in [2.75, 3.05) is 11.9 Å². The lowest BCUT2D eigenvalue weighted by atomic mass is 9.72. The Balaban J connectivity index is 2.17. The Labute approximate surface area is 145 Å². The molecule has 3 atom stereocenters. The van der Waals surface area contributed by atoms with E-state index in [1.54, 1.807) is 6.07 Å². The second-order valence-electron chi connectivity index (χ2n) is 7.47. The molecule has 1 heterocycles. The molecule has 3 rings (SSSR count). The lowest BCUT2D eigenvalue weighted by Crippen LogP contribution is -2.20. The number of aromatic hydroxyl groups is 2. The van der Waals surface area contributed by atoms with Crippen LogP contribution < -0.4 is 5.32 Å². The molecule has 0 saturated carbocycles. The number of allylic oxidation sites excluding steroid dienone is 3. The molecule has 3 N–H and O–H groups in total. The molecule has 130 valence electrons. The van der Waals surface area contributed by atoms with Gasteiger partial charge in [0, 0.05) is 35.3 Å². The van der Waals surface area contributed by atoms with Crippen molar-refractivity contribution in [1.82, 2.24) is 0 Å². The number of anilines is 1. The monoisotopic (exact) mass is 327 g/mol. The quantitative estimate of drug-likeness (QED) is 0.649. The van der Waals surface area contributed by atoms with Crippen molar-refractivity contribution in [2.24, 2.45) is 5.92 Å². The Kier molecular flexibility index (Phi) is 4.62. The van der Waals surface area contributed by atoms with Gasteiger partial charge in [0.2, 0.25) is 0 Å². The summed E-state index contributed by atoms with van der Waals surface area (Å²) in [5.74, 6) is 1.09. The van der Waals surface area contributed by atoms with Crippen LogP contribution in [0.4, 0.5) is 5.69 Å². The van der Waals surface area contributed by atoms with E-state index < -0.39 is 0 Å². The standard InChI is InChI=1S/C21H29NO2/c1-5-14-8-9-22-17-11-18(23)20(21(24)19(14)17)16-10-13(4)6-7-15(16)12(2)3/h10-11,14-16,22-24H,2,5-9H2,1,3-4H3/t14-,15+,16-/m1/s1. The first-order valence-corrected chi connectivity index (χ1v) is 9.09. The van der Waals surface area contributed by atoms with Gasteiger partial charge in [-0.25, -0.2) is 0 Å². The van der Waals surface area contributed by atoms with E-state index in [-0.39, 0.29) is 23.3 Å². The van der Waals surface area contributed by atoms with Crippen LogP contribution in [0.5, 0.6) is 11.5 Å². The van der Waals surface area contributed by atoms with Gasteiger partial charge in [0.05, 0.1) is 0 Å². The third-order valence-electron chi connectivity index (χ3n) is 5.78. The minimum Gasteiger partial charge on any atom is -0.507 e. The zero-order valence-corrected chi connectivity index (χ0v) is 15.0. The molecule has 1 aliphatic carbocycles. The maximum Gasteiger partial charge on any atom is 0.128 e. The smallest absolute Gasteiger partial charge is 0.128 e. The highest BCUT2D eigenvalue weighted by atomic mass is 16.3. The van der Waals surface area contributed by atoms with Gasteiger partial charge in [0.25, 0.3) is 0 Å². The maximum absolute atomic E-state index is 11.1. The van der Waals surface area contributed by atoms with Gasteiger partial charge in [-0.2, -0.15) is 0 Å². The maximum atomic E-state index is 11.1. The van der Waals surface area contributed by atoms with E-state index in [1.807, 2.05) is 0 Å². The van der Waals surface area contributed by atoms with Gasteiger partial charge in [-0.3, -0.25) is 0 Å². The summed E-state index contributed by atoms with van der Waals surface area (Å²) in [5.41, 5.74) is 4.98. The van der Waals surface area contributed by atoms with E-state index in [1.165, 1.54) is 5.57 Å². The fourth-order valence-electron chi connectivity index (χ4n) is 4.41. The molecule has 0 spiro atoms. The molecule has 1 aromatic rings. The van der Waals surface area contributed by atoms with Gasteiger partial charge >= 0.3 is 0 Å². The molecule has 1 aromatic carbocycles. The zero-order chi connectivity index (χ0) is 17.4. The summed E-state index contributed by atoms with van der Waals surface area (Å²) in [7, 11) is 0. The van der Waals surface area contributed by atoms with E-state index in [0.717, 1.165) is 49.1 Å². The first kappa shape index (κ1) is 16.9. The third kappa shape index (κ3) is 2.81. The molecule has 2 aliphatic rings. The van der Waals surface area contributed by atoms with Crippen LogP contribution in [0.3, 0.4) is 0 Å². The first-order chi connectivity index (χ1) is 11.4. The van der Waals surface area contributed by atoms with Gasteiger partial charge in [-0.15, -0.1) is 0 Å². The zero-order valence-electron chi connectivity index (χ0n) is 15.0. The summed E-state index contributed by atoms with van der Waals surface area (Å²) in [5, 5.41) is 25.1. The predicted octanol–water partition coefficient (Wildman–Crippen LogP) is 5.42. The van der Waals surface area contributed by atoms with E-state index >= 15 is 0 Å². The molecular formula is C21H29NO2. The van der Waals surface area contributed by atoms with E-state index in [0.29, 0.717) is 11.5 Å². The highest BCUT2D eigenvalue weighted by Gasteiger charge is 2.33. The number of rotatable bonds is 3. The van der Waals surface area contributed by atoms with Crippen LogP contribution in [0.2, 0.25) is 0 Å². The normalized spacial score (nSPS) is 26.3. The van der Waals surface area contributed by atoms with Gasteiger partial charge in [0.1, 0.15) is 11.5 Å². The van der Waals surface area contributed by atoms with E-state index in [4.69, 9.17) is 0 Å². The number of benzene rings is 1. The number of fused-ring (bicyclic) bond motifs is 1. The molecule has 3 nitrogen and oxygen atoms in total. The molecule has 3 heteroatoms. The molecular weight excluding hydrogens is 298 g/mol. The fourth-order valence-corrected chi connectivity index (χ4v) is 4.41. The van der Waals surface area contributed by atoms with Gasteiger partial charge in [-0.05, 0) is 51.4 Å². The van der Waals surface area contributed by atoms with Crippen molar-refractivity contribution in [3.8, 4) is 11.5 Å². The van der Waals surface area contributed by atoms with Crippen LogP contribution in [0.25, 0.3) is 0 Å². The molecule has 0 fully saturated rings. The van der Waals surface area contributed by atoms with Gasteiger partial charge in [0.15, 0.2) is 0 Å². The summed E-state index contributed by atoms with van der Waals surface area (Å²) in [4.78, 5) is 0. The number of hydrogen-bond donors (Lipinski definition) is 3. The molecule has 0 radical (unpaired) electrons. The molecule has 0 aromatic heterocycles. The molecule has 24 heavy (non-hydrogen) atoms. The van der Waals surface area contributed by atoms with Gasteiger partial charge < -0.3 is 15.5 Å². The number of hydrogen-bond acceptors (Lipinski definition) is 3. The third-order valence-corrected chi connectivity index (χ3v) is 5.78. The SMILES string of the molecule is C=C(C)[C@@H]1CCC(C)=C[C@H]1c1c(O)cc2c(c1O)[C@H](CC)CCN2. The number of nitrogens with one attached hydrogen (secondary N) is 1. The number of phenols is 2. The molecule has 1 aliphatic heterocycles. The van der Waals surface area contributed by atoms with Crippen molar-refractivity contribution in [2.45, 2.75) is 58.3 Å². The van der Waals surface area contributed by atoms with Crippen LogP contribution in [0, 0.1) is 5.92 Å². The average Bonchev–Trinajstić information content (AvgIpc) is 2.53. The molecule has 0 saturated heterocycles. The van der Waals surface area contributed by atoms with Crippen LogP contribution in [-0.4, -0.2) is 16.8 Å². The summed E-state index contributed by atoms with van der Waals surface area (Å²) in [6, 6.07) is 1.81. The van der Waals surface area contributed by atoms with Gasteiger partial charge in [-0.1, -0.05) is 30.7 Å². The summed E-state index contributed by atoms with van der Waals surface area (Å²) in [6.07, 6.45) is 6.30. The second kappa shape index (κ2) is 6.54.